The van der Waals surface area contributed by atoms with Crippen LogP contribution in [0.3, 0.4) is 0 Å². The molecule has 1 aliphatic rings. The van der Waals surface area contributed by atoms with Crippen molar-refractivity contribution in [1.82, 2.24) is 4.90 Å². The van der Waals surface area contributed by atoms with Gasteiger partial charge in [-0.25, -0.2) is 0 Å². The van der Waals surface area contributed by atoms with Gasteiger partial charge in [0.2, 0.25) is 5.91 Å². The Morgan fingerprint density at radius 2 is 1.72 bits per heavy atom. The first-order valence-electron chi connectivity index (χ1n) is 9.31. The highest BCUT2D eigenvalue weighted by Gasteiger charge is 2.30. The van der Waals surface area contributed by atoms with Crippen molar-refractivity contribution in [3.05, 3.63) is 65.2 Å². The molecule has 0 aromatic heterocycles. The summed E-state index contributed by atoms with van der Waals surface area (Å²) >= 11 is 0. The van der Waals surface area contributed by atoms with Gasteiger partial charge < -0.3 is 11.1 Å². The first kappa shape index (κ1) is 20.9. The molecule has 3 rings (SSSR count). The molecule has 1 saturated heterocycles. The van der Waals surface area contributed by atoms with Gasteiger partial charge in [-0.05, 0) is 61.3 Å². The van der Waals surface area contributed by atoms with Gasteiger partial charge in [0, 0.05) is 24.3 Å². The molecule has 2 aromatic rings. The lowest BCUT2D eigenvalue weighted by Crippen LogP contribution is -2.40. The van der Waals surface area contributed by atoms with Crippen LogP contribution in [0, 0.1) is 5.92 Å². The van der Waals surface area contributed by atoms with Crippen LogP contribution in [0.15, 0.2) is 48.5 Å². The van der Waals surface area contributed by atoms with E-state index < -0.39 is 17.6 Å². The average Bonchev–Trinajstić information content (AvgIpc) is 2.69. The number of hydrogen-bond donors (Lipinski definition) is 2. The van der Waals surface area contributed by atoms with Crippen molar-refractivity contribution < 1.29 is 22.8 Å². The van der Waals surface area contributed by atoms with Crippen molar-refractivity contribution in [3.63, 3.8) is 0 Å². The first-order chi connectivity index (χ1) is 13.7. The van der Waals surface area contributed by atoms with Crippen molar-refractivity contribution in [2.24, 2.45) is 11.7 Å². The van der Waals surface area contributed by atoms with Crippen LogP contribution in [0.5, 0.6) is 0 Å². The summed E-state index contributed by atoms with van der Waals surface area (Å²) in [6, 6.07) is 11.3. The number of likely N-dealkylation sites (tertiary alicyclic amines) is 1. The lowest BCUT2D eigenvalue weighted by Gasteiger charge is -2.31. The number of alkyl halides is 3. The molecule has 5 nitrogen and oxygen atoms in total. The standard InChI is InChI=1S/C21H22F3N3O2/c22-21(23,24)17-7-5-15(6-8-17)20(29)26-18-9-3-14(4-10-18)12-27-11-1-2-16(13-27)19(25)28/h3-10,16H,1-2,11-13H2,(H2,25,28)(H,26,29). The fourth-order valence-electron chi connectivity index (χ4n) is 3.40. The smallest absolute Gasteiger partial charge is 0.369 e. The molecule has 2 aromatic carbocycles. The summed E-state index contributed by atoms with van der Waals surface area (Å²) in [5, 5.41) is 2.67. The Kier molecular flexibility index (Phi) is 6.22. The molecule has 0 radical (unpaired) electrons. The number of anilines is 1. The van der Waals surface area contributed by atoms with Crippen LogP contribution < -0.4 is 11.1 Å². The molecule has 8 heteroatoms. The largest absolute Gasteiger partial charge is 0.416 e. The Hall–Kier alpha value is -2.87. The number of primary amides is 1. The van der Waals surface area contributed by atoms with Gasteiger partial charge >= 0.3 is 6.18 Å². The van der Waals surface area contributed by atoms with Crippen LogP contribution in [0.4, 0.5) is 18.9 Å². The maximum Gasteiger partial charge on any atom is 0.416 e. The molecule has 1 fully saturated rings. The number of carbonyl (C=O) groups is 2. The Morgan fingerprint density at radius 3 is 2.31 bits per heavy atom. The molecule has 0 bridgehead atoms. The number of carbonyl (C=O) groups excluding carboxylic acids is 2. The van der Waals surface area contributed by atoms with Crippen molar-refractivity contribution in [1.29, 1.82) is 0 Å². The van der Waals surface area contributed by atoms with E-state index in [1.165, 1.54) is 0 Å². The molecular weight excluding hydrogens is 383 g/mol. The van der Waals surface area contributed by atoms with Crippen LogP contribution in [-0.2, 0) is 17.5 Å². The summed E-state index contributed by atoms with van der Waals surface area (Å²) in [5.74, 6) is -0.867. The topological polar surface area (TPSA) is 75.4 Å². The van der Waals surface area contributed by atoms with E-state index in [-0.39, 0.29) is 17.4 Å². The normalized spacial score (nSPS) is 17.7. The predicted molar refractivity (Wildman–Crippen MR) is 103 cm³/mol. The molecule has 1 aliphatic heterocycles. The number of nitrogens with one attached hydrogen (secondary N) is 1. The molecular formula is C21H22F3N3O2. The van der Waals surface area contributed by atoms with E-state index in [9.17, 15) is 22.8 Å². The van der Waals surface area contributed by atoms with E-state index in [2.05, 4.69) is 10.2 Å². The SMILES string of the molecule is NC(=O)C1CCCN(Cc2ccc(NC(=O)c3ccc(C(F)(F)F)cc3)cc2)C1. The molecule has 0 spiro atoms. The fraction of sp³-hybridized carbons (Fsp3) is 0.333. The number of nitrogens with zero attached hydrogens (tertiary/aromatic N) is 1. The highest BCUT2D eigenvalue weighted by atomic mass is 19.4. The lowest BCUT2D eigenvalue weighted by atomic mass is 9.97. The quantitative estimate of drug-likeness (QED) is 0.797. The van der Waals surface area contributed by atoms with E-state index in [0.29, 0.717) is 18.8 Å². The summed E-state index contributed by atoms with van der Waals surface area (Å²) in [7, 11) is 0. The summed E-state index contributed by atoms with van der Waals surface area (Å²) in [5.41, 5.74) is 6.33. The average molecular weight is 405 g/mol. The molecule has 2 amide bonds. The second kappa shape index (κ2) is 8.65. The predicted octanol–water partition coefficient (Wildman–Crippen LogP) is 3.66. The molecule has 3 N–H and O–H groups in total. The van der Waals surface area contributed by atoms with Gasteiger partial charge in [-0.2, -0.15) is 13.2 Å². The zero-order valence-electron chi connectivity index (χ0n) is 15.7. The van der Waals surface area contributed by atoms with Crippen LogP contribution in [0.25, 0.3) is 0 Å². The molecule has 0 saturated carbocycles. The Morgan fingerprint density at radius 1 is 1.07 bits per heavy atom. The summed E-state index contributed by atoms with van der Waals surface area (Å²) in [6.45, 7) is 2.22. The van der Waals surface area contributed by atoms with Gasteiger partial charge in [-0.1, -0.05) is 12.1 Å². The molecule has 1 unspecified atom stereocenters. The zero-order valence-corrected chi connectivity index (χ0v) is 15.7. The number of rotatable bonds is 5. The van der Waals surface area contributed by atoms with Crippen LogP contribution in [0.2, 0.25) is 0 Å². The maximum absolute atomic E-state index is 12.6. The number of hydrogen-bond acceptors (Lipinski definition) is 3. The summed E-state index contributed by atoms with van der Waals surface area (Å²) in [4.78, 5) is 25.8. The van der Waals surface area contributed by atoms with Gasteiger partial charge in [0.25, 0.3) is 5.91 Å². The van der Waals surface area contributed by atoms with Crippen molar-refractivity contribution in [3.8, 4) is 0 Å². The Balaban J connectivity index is 1.57. The van der Waals surface area contributed by atoms with Gasteiger partial charge in [0.05, 0.1) is 11.5 Å². The van der Waals surface area contributed by atoms with E-state index in [0.717, 1.165) is 49.2 Å². The third-order valence-electron chi connectivity index (χ3n) is 5.00. The molecule has 29 heavy (non-hydrogen) atoms. The molecule has 0 aliphatic carbocycles. The van der Waals surface area contributed by atoms with E-state index in [1.54, 1.807) is 12.1 Å². The van der Waals surface area contributed by atoms with Gasteiger partial charge in [0.1, 0.15) is 0 Å². The zero-order chi connectivity index (χ0) is 21.0. The third-order valence-corrected chi connectivity index (χ3v) is 5.00. The minimum absolute atomic E-state index is 0.119. The Bertz CT molecular complexity index is 864. The van der Waals surface area contributed by atoms with E-state index in [4.69, 9.17) is 5.73 Å². The third kappa shape index (κ3) is 5.57. The molecule has 1 atom stereocenters. The van der Waals surface area contributed by atoms with E-state index >= 15 is 0 Å². The number of nitrogens with two attached hydrogens (primary N) is 1. The van der Waals surface area contributed by atoms with Gasteiger partial charge in [0.15, 0.2) is 0 Å². The maximum atomic E-state index is 12.6. The highest BCUT2D eigenvalue weighted by Crippen LogP contribution is 2.29. The summed E-state index contributed by atoms with van der Waals surface area (Å²) < 4.78 is 37.8. The number of benzene rings is 2. The van der Waals surface area contributed by atoms with Crippen molar-refractivity contribution >= 4 is 17.5 Å². The van der Waals surface area contributed by atoms with E-state index in [1.807, 2.05) is 12.1 Å². The Labute approximate surface area is 166 Å². The minimum Gasteiger partial charge on any atom is -0.369 e. The number of amides is 2. The second-order valence-corrected chi connectivity index (χ2v) is 7.20. The van der Waals surface area contributed by atoms with Crippen molar-refractivity contribution in [2.75, 3.05) is 18.4 Å². The first-order valence-corrected chi connectivity index (χ1v) is 9.31. The second-order valence-electron chi connectivity index (χ2n) is 7.20. The van der Waals surface area contributed by atoms with Crippen LogP contribution in [-0.4, -0.2) is 29.8 Å². The summed E-state index contributed by atoms with van der Waals surface area (Å²) in [6.07, 6.45) is -2.69. The lowest BCUT2D eigenvalue weighted by molar-refractivity contribution is -0.137. The fourth-order valence-corrected chi connectivity index (χ4v) is 3.40. The van der Waals surface area contributed by atoms with Gasteiger partial charge in [-0.15, -0.1) is 0 Å². The highest BCUT2D eigenvalue weighted by molar-refractivity contribution is 6.04. The van der Waals surface area contributed by atoms with Gasteiger partial charge in [-0.3, -0.25) is 14.5 Å². The van der Waals surface area contributed by atoms with Crippen LogP contribution >= 0.6 is 0 Å². The van der Waals surface area contributed by atoms with Crippen molar-refractivity contribution in [2.45, 2.75) is 25.6 Å². The minimum atomic E-state index is -4.43. The molecule has 1 heterocycles. The number of halogens is 3. The molecule has 154 valence electrons. The monoisotopic (exact) mass is 405 g/mol. The number of piperidine rings is 1. The van der Waals surface area contributed by atoms with Crippen LogP contribution in [0.1, 0.15) is 34.3 Å².